The molecule has 0 saturated heterocycles. The van der Waals surface area contributed by atoms with E-state index < -0.39 is 0 Å². The van der Waals surface area contributed by atoms with Crippen LogP contribution in [0.2, 0.25) is 0 Å². The Bertz CT molecular complexity index is 474. The van der Waals surface area contributed by atoms with Gasteiger partial charge >= 0.3 is 0 Å². The zero-order valence-corrected chi connectivity index (χ0v) is 10.2. The molecule has 0 spiro atoms. The fraction of sp³-hybridized carbons (Fsp3) is 0.286. The second-order valence-electron chi connectivity index (χ2n) is 4.14. The lowest BCUT2D eigenvalue weighted by molar-refractivity contribution is 0.739. The Kier molecular flexibility index (Phi) is 3.38. The van der Waals surface area contributed by atoms with Crippen molar-refractivity contribution in [3.63, 3.8) is 0 Å². The van der Waals surface area contributed by atoms with E-state index in [1.54, 1.807) is 0 Å². The van der Waals surface area contributed by atoms with E-state index in [0.717, 1.165) is 17.9 Å². The maximum atomic E-state index is 5.78. The Balaban J connectivity index is 2.42. The minimum Gasteiger partial charge on any atom is -0.384 e. The highest BCUT2D eigenvalue weighted by Gasteiger charge is 2.14. The number of aryl methyl sites for hydroxylation is 1. The van der Waals surface area contributed by atoms with Gasteiger partial charge in [-0.15, -0.1) is 0 Å². The summed E-state index contributed by atoms with van der Waals surface area (Å²) in [6, 6.07) is 12.2. The van der Waals surface area contributed by atoms with Gasteiger partial charge in [0.1, 0.15) is 11.6 Å². The molecule has 1 atom stereocenters. The molecule has 0 aliphatic rings. The smallest absolute Gasteiger partial charge is 0.127 e. The number of hydrogen-bond donors (Lipinski definition) is 1. The molecule has 3 heteroatoms. The Morgan fingerprint density at radius 3 is 2.47 bits per heavy atom. The van der Waals surface area contributed by atoms with Gasteiger partial charge in [-0.2, -0.15) is 0 Å². The molecule has 0 fully saturated rings. The van der Waals surface area contributed by atoms with Crippen LogP contribution in [0.3, 0.4) is 0 Å². The van der Waals surface area contributed by atoms with Gasteiger partial charge in [0.2, 0.25) is 0 Å². The maximum Gasteiger partial charge on any atom is 0.127 e. The number of nitrogens with zero attached hydrogens (tertiary/aromatic N) is 2. The standard InChI is InChI=1S/C14H17N3/c1-3-12(11-7-5-4-6-8-11)13-9-14(15)17-10(2)16-13/h4-9,12H,3H2,1-2H3,(H2,15,16,17). The van der Waals surface area contributed by atoms with Crippen LogP contribution in [-0.4, -0.2) is 9.97 Å². The van der Waals surface area contributed by atoms with Crippen molar-refractivity contribution in [3.8, 4) is 0 Å². The molecule has 1 unspecified atom stereocenters. The molecule has 0 bridgehead atoms. The van der Waals surface area contributed by atoms with Crippen molar-refractivity contribution < 1.29 is 0 Å². The summed E-state index contributed by atoms with van der Waals surface area (Å²) >= 11 is 0. The summed E-state index contributed by atoms with van der Waals surface area (Å²) in [6.45, 7) is 4.03. The van der Waals surface area contributed by atoms with E-state index >= 15 is 0 Å². The fourth-order valence-electron chi connectivity index (χ4n) is 2.09. The Morgan fingerprint density at radius 2 is 1.88 bits per heavy atom. The average Bonchev–Trinajstić information content (AvgIpc) is 2.30. The molecule has 3 nitrogen and oxygen atoms in total. The monoisotopic (exact) mass is 227 g/mol. The summed E-state index contributed by atoms with van der Waals surface area (Å²) in [6.07, 6.45) is 1.000. The highest BCUT2D eigenvalue weighted by atomic mass is 14.9. The Morgan fingerprint density at radius 1 is 1.18 bits per heavy atom. The van der Waals surface area contributed by atoms with E-state index in [0.29, 0.717) is 11.7 Å². The molecule has 17 heavy (non-hydrogen) atoms. The number of benzene rings is 1. The van der Waals surface area contributed by atoms with E-state index in [-0.39, 0.29) is 0 Å². The number of hydrogen-bond acceptors (Lipinski definition) is 3. The van der Waals surface area contributed by atoms with Crippen LogP contribution in [-0.2, 0) is 0 Å². The van der Waals surface area contributed by atoms with Gasteiger partial charge in [0, 0.05) is 12.0 Å². The van der Waals surface area contributed by atoms with Crippen LogP contribution < -0.4 is 5.73 Å². The number of anilines is 1. The normalized spacial score (nSPS) is 12.4. The number of aromatic nitrogens is 2. The van der Waals surface area contributed by atoms with Crippen molar-refractivity contribution in [3.05, 3.63) is 53.5 Å². The summed E-state index contributed by atoms with van der Waals surface area (Å²) in [5.41, 5.74) is 8.05. The summed E-state index contributed by atoms with van der Waals surface area (Å²) in [5, 5.41) is 0. The minimum absolute atomic E-state index is 0.292. The first-order valence-electron chi connectivity index (χ1n) is 5.86. The quantitative estimate of drug-likeness (QED) is 0.877. The molecular formula is C14H17N3. The molecule has 2 aromatic rings. The molecule has 0 aliphatic heterocycles. The topological polar surface area (TPSA) is 51.8 Å². The van der Waals surface area contributed by atoms with Crippen LogP contribution >= 0.6 is 0 Å². The number of rotatable bonds is 3. The minimum atomic E-state index is 0.292. The number of nitrogen functional groups attached to an aromatic ring is 1. The Labute approximate surface area is 102 Å². The van der Waals surface area contributed by atoms with E-state index in [4.69, 9.17) is 5.73 Å². The predicted octanol–water partition coefficient (Wildman–Crippen LogP) is 2.91. The highest BCUT2D eigenvalue weighted by molar-refractivity contribution is 5.36. The maximum absolute atomic E-state index is 5.78. The van der Waals surface area contributed by atoms with Crippen LogP contribution in [0.4, 0.5) is 5.82 Å². The third kappa shape index (κ3) is 2.61. The predicted molar refractivity (Wildman–Crippen MR) is 69.8 cm³/mol. The first kappa shape index (κ1) is 11.6. The largest absolute Gasteiger partial charge is 0.384 e. The summed E-state index contributed by atoms with van der Waals surface area (Å²) in [4.78, 5) is 8.60. The van der Waals surface area contributed by atoms with Gasteiger partial charge in [-0.05, 0) is 18.9 Å². The lowest BCUT2D eigenvalue weighted by Crippen LogP contribution is -2.06. The Hall–Kier alpha value is -1.90. The highest BCUT2D eigenvalue weighted by Crippen LogP contribution is 2.26. The molecule has 0 aliphatic carbocycles. The molecular weight excluding hydrogens is 210 g/mol. The zero-order valence-electron chi connectivity index (χ0n) is 10.2. The van der Waals surface area contributed by atoms with Gasteiger partial charge in [0.05, 0.1) is 5.69 Å². The van der Waals surface area contributed by atoms with Crippen LogP contribution in [0.5, 0.6) is 0 Å². The van der Waals surface area contributed by atoms with Gasteiger partial charge in [0.15, 0.2) is 0 Å². The molecule has 2 rings (SSSR count). The fourth-order valence-corrected chi connectivity index (χ4v) is 2.09. The van der Waals surface area contributed by atoms with Crippen LogP contribution in [0.1, 0.15) is 36.3 Å². The van der Waals surface area contributed by atoms with Crippen molar-refractivity contribution >= 4 is 5.82 Å². The lowest BCUT2D eigenvalue weighted by Gasteiger charge is -2.15. The van der Waals surface area contributed by atoms with E-state index in [1.165, 1.54) is 5.56 Å². The van der Waals surface area contributed by atoms with Gasteiger partial charge in [0.25, 0.3) is 0 Å². The third-order valence-electron chi connectivity index (χ3n) is 2.84. The van der Waals surface area contributed by atoms with Crippen molar-refractivity contribution in [2.75, 3.05) is 5.73 Å². The first-order valence-corrected chi connectivity index (χ1v) is 5.86. The second kappa shape index (κ2) is 4.95. The van der Waals surface area contributed by atoms with E-state index in [9.17, 15) is 0 Å². The van der Waals surface area contributed by atoms with Crippen LogP contribution in [0.25, 0.3) is 0 Å². The molecule has 0 saturated carbocycles. The molecule has 1 aromatic heterocycles. The second-order valence-corrected chi connectivity index (χ2v) is 4.14. The summed E-state index contributed by atoms with van der Waals surface area (Å²) in [5.74, 6) is 1.57. The SMILES string of the molecule is CCC(c1ccccc1)c1cc(N)nc(C)n1. The van der Waals surface area contributed by atoms with Crippen molar-refractivity contribution in [1.82, 2.24) is 9.97 Å². The van der Waals surface area contributed by atoms with Gasteiger partial charge in [-0.3, -0.25) is 0 Å². The summed E-state index contributed by atoms with van der Waals surface area (Å²) in [7, 11) is 0. The van der Waals surface area contributed by atoms with Gasteiger partial charge in [-0.1, -0.05) is 37.3 Å². The summed E-state index contributed by atoms with van der Waals surface area (Å²) < 4.78 is 0. The molecule has 0 amide bonds. The molecule has 88 valence electrons. The van der Waals surface area contributed by atoms with Crippen molar-refractivity contribution in [2.24, 2.45) is 0 Å². The lowest BCUT2D eigenvalue weighted by atomic mass is 9.93. The van der Waals surface area contributed by atoms with Crippen molar-refractivity contribution in [1.29, 1.82) is 0 Å². The van der Waals surface area contributed by atoms with E-state index in [1.807, 2.05) is 19.1 Å². The number of nitrogens with two attached hydrogens (primary N) is 1. The van der Waals surface area contributed by atoms with Crippen LogP contribution in [0.15, 0.2) is 36.4 Å². The van der Waals surface area contributed by atoms with Crippen LogP contribution in [0, 0.1) is 6.92 Å². The van der Waals surface area contributed by atoms with Crippen molar-refractivity contribution in [2.45, 2.75) is 26.2 Å². The van der Waals surface area contributed by atoms with Gasteiger partial charge < -0.3 is 5.73 Å². The van der Waals surface area contributed by atoms with E-state index in [2.05, 4.69) is 41.2 Å². The zero-order chi connectivity index (χ0) is 12.3. The van der Waals surface area contributed by atoms with Gasteiger partial charge in [-0.25, -0.2) is 9.97 Å². The molecule has 1 heterocycles. The average molecular weight is 227 g/mol. The molecule has 1 aromatic carbocycles. The molecule has 0 radical (unpaired) electrons. The first-order chi connectivity index (χ1) is 8.20. The molecule has 2 N–H and O–H groups in total. The third-order valence-corrected chi connectivity index (χ3v) is 2.84.